The molecule has 1 saturated heterocycles. The number of methoxy groups -OCH3 is 1. The Morgan fingerprint density at radius 2 is 1.94 bits per heavy atom. The molecule has 0 saturated carbocycles. The summed E-state index contributed by atoms with van der Waals surface area (Å²) < 4.78 is 11.9. The summed E-state index contributed by atoms with van der Waals surface area (Å²) in [7, 11) is 1.65. The first-order chi connectivity index (χ1) is 15.7. The number of thiazole rings is 1. The molecule has 4 aromatic rings. The highest BCUT2D eigenvalue weighted by Gasteiger charge is 2.24. The summed E-state index contributed by atoms with van der Waals surface area (Å²) in [6, 6.07) is 19.7. The average molecular weight is 448 g/mol. The molecule has 0 bridgehead atoms. The first kappa shape index (κ1) is 20.9. The summed E-state index contributed by atoms with van der Waals surface area (Å²) in [5.41, 5.74) is 1.54. The zero-order chi connectivity index (χ0) is 21.9. The van der Waals surface area contributed by atoms with E-state index in [1.165, 1.54) is 11.3 Å². The number of ether oxygens (including phenoxy) is 2. The van der Waals surface area contributed by atoms with E-state index in [9.17, 15) is 4.79 Å². The lowest BCUT2D eigenvalue weighted by atomic mass is 10.0. The number of fused-ring (bicyclic) bond motifs is 2. The van der Waals surface area contributed by atoms with E-state index >= 15 is 0 Å². The Morgan fingerprint density at radius 1 is 1.12 bits per heavy atom. The van der Waals surface area contributed by atoms with Gasteiger partial charge in [-0.15, -0.1) is 0 Å². The number of carbonyl (C=O) groups is 1. The summed E-state index contributed by atoms with van der Waals surface area (Å²) in [6.45, 7) is 4.58. The second-order valence-corrected chi connectivity index (χ2v) is 8.78. The molecule has 0 N–H and O–H groups in total. The van der Waals surface area contributed by atoms with Gasteiger partial charge in [-0.25, -0.2) is 4.98 Å². The van der Waals surface area contributed by atoms with E-state index in [0.29, 0.717) is 17.2 Å². The summed E-state index contributed by atoms with van der Waals surface area (Å²) in [5.74, 6) is 0.732. The van der Waals surface area contributed by atoms with E-state index < -0.39 is 0 Å². The molecule has 1 amide bonds. The third kappa shape index (κ3) is 4.19. The van der Waals surface area contributed by atoms with Crippen LogP contribution in [0, 0.1) is 0 Å². The normalized spacial score (nSPS) is 14.7. The number of hydrogen-bond acceptors (Lipinski definition) is 6. The van der Waals surface area contributed by atoms with Crippen molar-refractivity contribution in [3.05, 3.63) is 66.2 Å². The molecule has 0 unspecified atom stereocenters. The Labute approximate surface area is 191 Å². The molecule has 0 atom stereocenters. The maximum absolute atomic E-state index is 13.9. The summed E-state index contributed by atoms with van der Waals surface area (Å²) in [6.07, 6.45) is 0. The van der Waals surface area contributed by atoms with Crippen molar-refractivity contribution in [2.75, 3.05) is 51.4 Å². The number of hydrogen-bond donors (Lipinski definition) is 0. The number of aromatic nitrogens is 1. The second-order valence-electron chi connectivity index (χ2n) is 7.77. The Balaban J connectivity index is 1.52. The van der Waals surface area contributed by atoms with Gasteiger partial charge >= 0.3 is 0 Å². The van der Waals surface area contributed by atoms with Gasteiger partial charge in [-0.1, -0.05) is 47.7 Å². The zero-order valence-electron chi connectivity index (χ0n) is 18.0. The van der Waals surface area contributed by atoms with E-state index in [-0.39, 0.29) is 5.91 Å². The first-order valence-electron chi connectivity index (χ1n) is 10.8. The van der Waals surface area contributed by atoms with Gasteiger partial charge in [-0.2, -0.15) is 0 Å². The van der Waals surface area contributed by atoms with Crippen molar-refractivity contribution in [2.45, 2.75) is 0 Å². The smallest absolute Gasteiger partial charge is 0.260 e. The topological polar surface area (TPSA) is 54.9 Å². The van der Waals surface area contributed by atoms with Crippen molar-refractivity contribution >= 4 is 43.4 Å². The van der Waals surface area contributed by atoms with Crippen molar-refractivity contribution in [1.29, 1.82) is 0 Å². The van der Waals surface area contributed by atoms with Crippen LogP contribution < -0.4 is 9.64 Å². The lowest BCUT2D eigenvalue weighted by Crippen LogP contribution is -2.43. The maximum atomic E-state index is 13.9. The SMILES string of the molecule is COc1ccc2sc(N(CCN3CCOCC3)C(=O)c3cccc4ccccc34)nc2c1. The molecular formula is C25H25N3O3S. The van der Waals surface area contributed by atoms with Gasteiger partial charge in [0.25, 0.3) is 5.91 Å². The fraction of sp³-hybridized carbons (Fsp3) is 0.280. The molecule has 0 spiro atoms. The predicted octanol–water partition coefficient (Wildman–Crippen LogP) is 4.44. The summed E-state index contributed by atoms with van der Waals surface area (Å²) in [5, 5.41) is 2.72. The molecule has 1 aliphatic heterocycles. The Morgan fingerprint density at radius 3 is 2.78 bits per heavy atom. The third-order valence-electron chi connectivity index (χ3n) is 5.82. The minimum Gasteiger partial charge on any atom is -0.497 e. The molecule has 5 rings (SSSR count). The molecule has 3 aromatic carbocycles. The van der Waals surface area contributed by atoms with E-state index in [2.05, 4.69) is 4.90 Å². The van der Waals surface area contributed by atoms with Crippen LogP contribution in [0.2, 0.25) is 0 Å². The van der Waals surface area contributed by atoms with Gasteiger partial charge in [-0.05, 0) is 29.0 Å². The number of anilines is 1. The standard InChI is InChI=1S/C25H25N3O3S/c1-30-19-9-10-23-22(17-19)26-25(32-23)28(12-11-27-13-15-31-16-14-27)24(29)21-8-4-6-18-5-2-3-7-20(18)21/h2-10,17H,11-16H2,1H3. The lowest BCUT2D eigenvalue weighted by molar-refractivity contribution is 0.0391. The van der Waals surface area contributed by atoms with Crippen LogP contribution in [0.15, 0.2) is 60.7 Å². The van der Waals surface area contributed by atoms with Gasteiger partial charge in [-0.3, -0.25) is 14.6 Å². The highest BCUT2D eigenvalue weighted by molar-refractivity contribution is 7.22. The van der Waals surface area contributed by atoms with Crippen LogP contribution in [0.3, 0.4) is 0 Å². The van der Waals surface area contributed by atoms with Crippen molar-refractivity contribution in [1.82, 2.24) is 9.88 Å². The first-order valence-corrected chi connectivity index (χ1v) is 11.6. The number of nitrogens with zero attached hydrogens (tertiary/aromatic N) is 3. The van der Waals surface area contributed by atoms with Crippen molar-refractivity contribution in [2.24, 2.45) is 0 Å². The average Bonchev–Trinajstić information content (AvgIpc) is 3.27. The molecule has 0 aliphatic carbocycles. The molecule has 1 fully saturated rings. The maximum Gasteiger partial charge on any atom is 0.260 e. The van der Waals surface area contributed by atoms with E-state index in [4.69, 9.17) is 14.5 Å². The number of morpholine rings is 1. The number of benzene rings is 3. The lowest BCUT2D eigenvalue weighted by Gasteiger charge is -2.29. The zero-order valence-corrected chi connectivity index (χ0v) is 18.8. The third-order valence-corrected chi connectivity index (χ3v) is 6.88. The monoisotopic (exact) mass is 447 g/mol. The number of rotatable bonds is 6. The fourth-order valence-electron chi connectivity index (χ4n) is 4.05. The largest absolute Gasteiger partial charge is 0.497 e. The quantitative estimate of drug-likeness (QED) is 0.438. The Hall–Kier alpha value is -3.00. The van der Waals surface area contributed by atoms with Crippen LogP contribution in [-0.2, 0) is 4.74 Å². The van der Waals surface area contributed by atoms with Crippen LogP contribution >= 0.6 is 11.3 Å². The van der Waals surface area contributed by atoms with E-state index in [1.807, 2.05) is 65.6 Å². The van der Waals surface area contributed by atoms with Gasteiger partial charge in [0, 0.05) is 37.8 Å². The molecule has 0 radical (unpaired) electrons. The summed E-state index contributed by atoms with van der Waals surface area (Å²) in [4.78, 5) is 22.8. The van der Waals surface area contributed by atoms with Crippen molar-refractivity contribution < 1.29 is 14.3 Å². The van der Waals surface area contributed by atoms with Gasteiger partial charge in [0.15, 0.2) is 5.13 Å². The highest BCUT2D eigenvalue weighted by Crippen LogP contribution is 2.32. The summed E-state index contributed by atoms with van der Waals surface area (Å²) >= 11 is 1.53. The highest BCUT2D eigenvalue weighted by atomic mass is 32.1. The molecule has 32 heavy (non-hydrogen) atoms. The Bertz CT molecular complexity index is 1240. The van der Waals surface area contributed by atoms with Gasteiger partial charge in [0.2, 0.25) is 0 Å². The number of carbonyl (C=O) groups excluding carboxylic acids is 1. The molecule has 6 nitrogen and oxygen atoms in total. The van der Waals surface area contributed by atoms with Crippen LogP contribution in [0.1, 0.15) is 10.4 Å². The van der Waals surface area contributed by atoms with Crippen LogP contribution in [0.25, 0.3) is 21.0 Å². The van der Waals surface area contributed by atoms with Gasteiger partial charge in [0.05, 0.1) is 30.5 Å². The van der Waals surface area contributed by atoms with Crippen LogP contribution in [-0.4, -0.2) is 62.3 Å². The van der Waals surface area contributed by atoms with E-state index in [1.54, 1.807) is 7.11 Å². The number of amides is 1. The molecule has 1 aromatic heterocycles. The van der Waals surface area contributed by atoms with Crippen LogP contribution in [0.5, 0.6) is 5.75 Å². The van der Waals surface area contributed by atoms with Crippen LogP contribution in [0.4, 0.5) is 5.13 Å². The van der Waals surface area contributed by atoms with Gasteiger partial charge in [0.1, 0.15) is 5.75 Å². The fourth-order valence-corrected chi connectivity index (χ4v) is 5.02. The Kier molecular flexibility index (Phi) is 6.03. The molecule has 7 heteroatoms. The second kappa shape index (κ2) is 9.24. The van der Waals surface area contributed by atoms with Crippen molar-refractivity contribution in [3.63, 3.8) is 0 Å². The minimum atomic E-state index is -0.0268. The van der Waals surface area contributed by atoms with E-state index in [0.717, 1.165) is 59.6 Å². The van der Waals surface area contributed by atoms with Gasteiger partial charge < -0.3 is 9.47 Å². The molecule has 164 valence electrons. The molecule has 1 aliphatic rings. The molecule has 2 heterocycles. The predicted molar refractivity (Wildman–Crippen MR) is 129 cm³/mol. The molecular weight excluding hydrogens is 422 g/mol. The minimum absolute atomic E-state index is 0.0268. The van der Waals surface area contributed by atoms with Crippen molar-refractivity contribution in [3.8, 4) is 5.75 Å².